The first-order valence-electron chi connectivity index (χ1n) is 9.78. The average molecular weight is 480 g/mol. The Bertz CT molecular complexity index is 1120. The Kier molecular flexibility index (Phi) is 6.00. The SMILES string of the molecule is COc1ccc(CN2C(=O)C(O)=C(c3ccc(OC)cc3)[C@@H]2c2cccc(Br)c2)cc1. The van der Waals surface area contributed by atoms with Gasteiger partial charge < -0.3 is 19.5 Å². The molecule has 0 spiro atoms. The molecule has 4 rings (SSSR count). The van der Waals surface area contributed by atoms with Crippen molar-refractivity contribution in [2.45, 2.75) is 12.6 Å². The third-order valence-corrected chi connectivity index (χ3v) is 5.87. The van der Waals surface area contributed by atoms with Crippen molar-refractivity contribution in [3.05, 3.63) is 99.7 Å². The molecule has 1 N–H and O–H groups in total. The molecule has 0 bridgehead atoms. The first-order valence-corrected chi connectivity index (χ1v) is 10.6. The van der Waals surface area contributed by atoms with Crippen molar-refractivity contribution in [3.8, 4) is 11.5 Å². The highest BCUT2D eigenvalue weighted by Crippen LogP contribution is 2.44. The van der Waals surface area contributed by atoms with E-state index in [0.29, 0.717) is 17.9 Å². The van der Waals surface area contributed by atoms with E-state index < -0.39 is 11.9 Å². The number of rotatable bonds is 6. The molecule has 0 saturated carbocycles. The van der Waals surface area contributed by atoms with Crippen LogP contribution in [0.15, 0.2) is 83.0 Å². The largest absolute Gasteiger partial charge is 0.503 e. The second-order valence-electron chi connectivity index (χ2n) is 7.23. The number of aliphatic hydroxyl groups excluding tert-OH is 1. The Morgan fingerprint density at radius 2 is 1.55 bits per heavy atom. The monoisotopic (exact) mass is 479 g/mol. The van der Waals surface area contributed by atoms with Gasteiger partial charge in [-0.25, -0.2) is 0 Å². The van der Waals surface area contributed by atoms with Crippen LogP contribution in [0.5, 0.6) is 11.5 Å². The number of hydrogen-bond acceptors (Lipinski definition) is 4. The van der Waals surface area contributed by atoms with E-state index in [4.69, 9.17) is 9.47 Å². The van der Waals surface area contributed by atoms with Crippen LogP contribution in [0, 0.1) is 0 Å². The van der Waals surface area contributed by atoms with E-state index in [0.717, 1.165) is 26.9 Å². The van der Waals surface area contributed by atoms with Crippen LogP contribution in [-0.2, 0) is 11.3 Å². The van der Waals surface area contributed by atoms with Crippen molar-refractivity contribution in [2.24, 2.45) is 0 Å². The molecule has 1 heterocycles. The summed E-state index contributed by atoms with van der Waals surface area (Å²) in [6, 6.07) is 22.3. The lowest BCUT2D eigenvalue weighted by Gasteiger charge is -2.28. The van der Waals surface area contributed by atoms with Gasteiger partial charge in [-0.2, -0.15) is 0 Å². The summed E-state index contributed by atoms with van der Waals surface area (Å²) in [5, 5.41) is 10.9. The van der Waals surface area contributed by atoms with Crippen LogP contribution in [0.25, 0.3) is 5.57 Å². The van der Waals surface area contributed by atoms with Crippen molar-refractivity contribution >= 4 is 27.4 Å². The predicted molar refractivity (Wildman–Crippen MR) is 123 cm³/mol. The second kappa shape index (κ2) is 8.86. The minimum absolute atomic E-state index is 0.233. The lowest BCUT2D eigenvalue weighted by molar-refractivity contribution is -0.130. The summed E-state index contributed by atoms with van der Waals surface area (Å²) < 4.78 is 11.4. The van der Waals surface area contributed by atoms with Crippen LogP contribution in [-0.4, -0.2) is 30.1 Å². The van der Waals surface area contributed by atoms with E-state index in [9.17, 15) is 9.90 Å². The molecule has 1 aliphatic rings. The molecule has 3 aromatic rings. The molecule has 0 aliphatic carbocycles. The van der Waals surface area contributed by atoms with Crippen molar-refractivity contribution in [1.82, 2.24) is 4.90 Å². The fourth-order valence-corrected chi connectivity index (χ4v) is 4.25. The fourth-order valence-electron chi connectivity index (χ4n) is 3.83. The molecule has 0 fully saturated rings. The highest BCUT2D eigenvalue weighted by atomic mass is 79.9. The number of benzene rings is 3. The molecular weight excluding hydrogens is 458 g/mol. The number of aliphatic hydroxyl groups is 1. The van der Waals surface area contributed by atoms with E-state index >= 15 is 0 Å². The van der Waals surface area contributed by atoms with Gasteiger partial charge in [-0.15, -0.1) is 0 Å². The van der Waals surface area contributed by atoms with Gasteiger partial charge in [0.25, 0.3) is 5.91 Å². The Labute approximate surface area is 189 Å². The van der Waals surface area contributed by atoms with Crippen LogP contribution >= 0.6 is 15.9 Å². The van der Waals surface area contributed by atoms with Crippen molar-refractivity contribution in [1.29, 1.82) is 0 Å². The summed E-state index contributed by atoms with van der Waals surface area (Å²) in [7, 11) is 3.22. The summed E-state index contributed by atoms with van der Waals surface area (Å²) in [4.78, 5) is 14.9. The van der Waals surface area contributed by atoms with Crippen LogP contribution in [0.2, 0.25) is 0 Å². The summed E-state index contributed by atoms with van der Waals surface area (Å²) in [6.07, 6.45) is 0. The van der Waals surface area contributed by atoms with Gasteiger partial charge in [-0.1, -0.05) is 52.3 Å². The zero-order valence-electron chi connectivity index (χ0n) is 17.2. The summed E-state index contributed by atoms with van der Waals surface area (Å²) in [5.74, 6) is 0.831. The molecule has 31 heavy (non-hydrogen) atoms. The molecule has 158 valence electrons. The van der Waals surface area contributed by atoms with E-state index in [1.54, 1.807) is 19.1 Å². The van der Waals surface area contributed by atoms with Gasteiger partial charge in [-0.3, -0.25) is 4.79 Å². The molecule has 1 atom stereocenters. The topological polar surface area (TPSA) is 59.0 Å². The lowest BCUT2D eigenvalue weighted by Crippen LogP contribution is -2.29. The lowest BCUT2D eigenvalue weighted by atomic mass is 9.93. The standard InChI is InChI=1S/C25H22BrNO4/c1-30-20-10-6-16(7-11-20)15-27-23(18-4-3-5-19(26)14-18)22(24(28)25(27)29)17-8-12-21(31-2)13-9-17/h3-14,23,28H,15H2,1-2H3/t23-/m0/s1. The maximum atomic E-state index is 13.2. The minimum atomic E-state index is -0.430. The molecule has 1 aliphatic heterocycles. The molecule has 0 unspecified atom stereocenters. The van der Waals surface area contributed by atoms with Crippen molar-refractivity contribution in [2.75, 3.05) is 14.2 Å². The highest BCUT2D eigenvalue weighted by Gasteiger charge is 2.41. The van der Waals surface area contributed by atoms with E-state index in [1.165, 1.54) is 0 Å². The van der Waals surface area contributed by atoms with Gasteiger partial charge in [0.05, 0.1) is 20.3 Å². The van der Waals surface area contributed by atoms with Crippen LogP contribution in [0.1, 0.15) is 22.7 Å². The number of halogens is 1. The Balaban J connectivity index is 1.77. The number of methoxy groups -OCH3 is 2. The first-order chi connectivity index (χ1) is 15.0. The van der Waals surface area contributed by atoms with Gasteiger partial charge in [0.2, 0.25) is 0 Å². The molecule has 5 nitrogen and oxygen atoms in total. The fraction of sp³-hybridized carbons (Fsp3) is 0.160. The summed E-state index contributed by atoms with van der Waals surface area (Å²) >= 11 is 3.52. The Morgan fingerprint density at radius 3 is 2.13 bits per heavy atom. The predicted octanol–water partition coefficient (Wildman–Crippen LogP) is 5.52. The van der Waals surface area contributed by atoms with E-state index in [-0.39, 0.29) is 5.76 Å². The maximum absolute atomic E-state index is 13.2. The number of hydrogen-bond donors (Lipinski definition) is 1. The minimum Gasteiger partial charge on any atom is -0.503 e. The third-order valence-electron chi connectivity index (χ3n) is 5.38. The van der Waals surface area contributed by atoms with Crippen molar-refractivity contribution in [3.63, 3.8) is 0 Å². The van der Waals surface area contributed by atoms with Crippen molar-refractivity contribution < 1.29 is 19.4 Å². The van der Waals surface area contributed by atoms with E-state index in [1.807, 2.05) is 72.8 Å². The van der Waals surface area contributed by atoms with Gasteiger partial charge in [0.15, 0.2) is 5.76 Å². The van der Waals surface area contributed by atoms with Crippen LogP contribution in [0.3, 0.4) is 0 Å². The number of carbonyl (C=O) groups is 1. The molecule has 0 saturated heterocycles. The van der Waals surface area contributed by atoms with Gasteiger partial charge >= 0.3 is 0 Å². The van der Waals surface area contributed by atoms with Crippen LogP contribution in [0.4, 0.5) is 0 Å². The third kappa shape index (κ3) is 4.16. The van der Waals surface area contributed by atoms with Gasteiger partial charge in [0, 0.05) is 16.6 Å². The summed E-state index contributed by atoms with van der Waals surface area (Å²) in [5.41, 5.74) is 3.21. The van der Waals surface area contributed by atoms with Gasteiger partial charge in [0.1, 0.15) is 11.5 Å². The molecule has 0 radical (unpaired) electrons. The molecule has 3 aromatic carbocycles. The van der Waals surface area contributed by atoms with E-state index in [2.05, 4.69) is 15.9 Å². The summed E-state index contributed by atoms with van der Waals surface area (Å²) in [6.45, 7) is 0.351. The normalized spacial score (nSPS) is 16.0. The number of ether oxygens (including phenoxy) is 2. The van der Waals surface area contributed by atoms with Crippen LogP contribution < -0.4 is 9.47 Å². The zero-order chi connectivity index (χ0) is 22.0. The zero-order valence-corrected chi connectivity index (χ0v) is 18.8. The Morgan fingerprint density at radius 1 is 0.935 bits per heavy atom. The number of nitrogens with zero attached hydrogens (tertiary/aromatic N) is 1. The first kappa shape index (κ1) is 21.0. The molecule has 6 heteroatoms. The number of carbonyl (C=O) groups excluding carboxylic acids is 1. The maximum Gasteiger partial charge on any atom is 0.290 e. The smallest absolute Gasteiger partial charge is 0.290 e. The molecular formula is C25H22BrNO4. The van der Waals surface area contributed by atoms with Gasteiger partial charge in [-0.05, 0) is 53.1 Å². The number of amides is 1. The molecule has 1 amide bonds. The molecule has 0 aromatic heterocycles. The highest BCUT2D eigenvalue weighted by molar-refractivity contribution is 9.10. The second-order valence-corrected chi connectivity index (χ2v) is 8.15. The Hall–Kier alpha value is -3.25. The quantitative estimate of drug-likeness (QED) is 0.505. The average Bonchev–Trinajstić information content (AvgIpc) is 3.04.